The quantitative estimate of drug-likeness (QED) is 0.277. The highest BCUT2D eigenvalue weighted by Crippen LogP contribution is 2.10. The van der Waals surface area contributed by atoms with Crippen molar-refractivity contribution < 1.29 is 9.21 Å². The topological polar surface area (TPSA) is 68.3 Å². The van der Waals surface area contributed by atoms with Crippen LogP contribution in [-0.4, -0.2) is 5.91 Å². The SMILES string of the molecule is NNC(=O)/C=C/c1ccc(I)o1. The van der Waals surface area contributed by atoms with Crippen LogP contribution in [0.2, 0.25) is 0 Å². The lowest BCUT2D eigenvalue weighted by Crippen LogP contribution is -2.27. The second-order valence-corrected chi connectivity index (χ2v) is 3.05. The predicted octanol–water partition coefficient (Wildman–Crippen LogP) is 0.887. The van der Waals surface area contributed by atoms with E-state index in [1.165, 1.54) is 6.08 Å². The zero-order valence-electron chi connectivity index (χ0n) is 6.08. The molecular formula is C7H7IN2O2. The van der Waals surface area contributed by atoms with Gasteiger partial charge in [-0.05, 0) is 40.8 Å². The van der Waals surface area contributed by atoms with E-state index in [2.05, 4.69) is 0 Å². The molecule has 1 aromatic rings. The number of furan rings is 1. The number of hydrogen-bond donors (Lipinski definition) is 2. The molecule has 1 heterocycles. The molecule has 0 saturated heterocycles. The minimum absolute atomic E-state index is 0.360. The fraction of sp³-hybridized carbons (Fsp3) is 0. The Hall–Kier alpha value is -0.820. The summed E-state index contributed by atoms with van der Waals surface area (Å²) in [5.41, 5.74) is 1.97. The molecule has 0 bridgehead atoms. The first-order chi connectivity index (χ1) is 5.72. The third kappa shape index (κ3) is 2.67. The number of amides is 1. The van der Waals surface area contributed by atoms with Gasteiger partial charge in [-0.25, -0.2) is 5.84 Å². The average Bonchev–Trinajstić information content (AvgIpc) is 2.47. The van der Waals surface area contributed by atoms with Crippen LogP contribution < -0.4 is 11.3 Å². The molecule has 5 heteroatoms. The van der Waals surface area contributed by atoms with E-state index in [4.69, 9.17) is 10.3 Å². The second-order valence-electron chi connectivity index (χ2n) is 1.98. The van der Waals surface area contributed by atoms with Gasteiger partial charge in [-0.15, -0.1) is 0 Å². The molecule has 0 unspecified atom stereocenters. The van der Waals surface area contributed by atoms with Crippen LogP contribution in [0.3, 0.4) is 0 Å². The van der Waals surface area contributed by atoms with Crippen LogP contribution in [0.4, 0.5) is 0 Å². The predicted molar refractivity (Wildman–Crippen MR) is 52.8 cm³/mol. The molecule has 1 aromatic heterocycles. The molecule has 0 aliphatic rings. The summed E-state index contributed by atoms with van der Waals surface area (Å²) < 4.78 is 5.94. The van der Waals surface area contributed by atoms with Gasteiger partial charge in [-0.3, -0.25) is 10.2 Å². The first-order valence-corrected chi connectivity index (χ1v) is 4.24. The van der Waals surface area contributed by atoms with Crippen molar-refractivity contribution in [1.29, 1.82) is 0 Å². The Bertz CT molecular complexity index is 306. The third-order valence-corrected chi connectivity index (χ3v) is 1.72. The highest BCUT2D eigenvalue weighted by Gasteiger charge is 1.94. The van der Waals surface area contributed by atoms with Crippen LogP contribution in [0.25, 0.3) is 6.08 Å². The zero-order valence-corrected chi connectivity index (χ0v) is 8.24. The monoisotopic (exact) mass is 278 g/mol. The summed E-state index contributed by atoms with van der Waals surface area (Å²) in [7, 11) is 0. The molecular weight excluding hydrogens is 271 g/mol. The standard InChI is InChI=1S/C7H7IN2O2/c8-6-3-1-5(12-6)2-4-7(11)10-9/h1-4H,9H2,(H,10,11)/b4-2+. The lowest BCUT2D eigenvalue weighted by Gasteiger charge is -1.87. The molecule has 0 saturated carbocycles. The maximum absolute atomic E-state index is 10.6. The Morgan fingerprint density at radius 2 is 2.42 bits per heavy atom. The number of carbonyl (C=O) groups excluding carboxylic acids is 1. The summed E-state index contributed by atoms with van der Waals surface area (Å²) in [6.45, 7) is 0. The molecule has 0 fully saturated rings. The summed E-state index contributed by atoms with van der Waals surface area (Å²) in [4.78, 5) is 10.6. The van der Waals surface area contributed by atoms with E-state index in [0.29, 0.717) is 5.76 Å². The Labute approximate surface area is 82.9 Å². The van der Waals surface area contributed by atoms with E-state index in [9.17, 15) is 4.79 Å². The first-order valence-electron chi connectivity index (χ1n) is 3.16. The minimum atomic E-state index is -0.360. The highest BCUT2D eigenvalue weighted by atomic mass is 127. The second kappa shape index (κ2) is 4.27. The van der Waals surface area contributed by atoms with Crippen LogP contribution in [-0.2, 0) is 4.79 Å². The van der Waals surface area contributed by atoms with Crippen molar-refractivity contribution >= 4 is 34.6 Å². The molecule has 1 rings (SSSR count). The first kappa shape index (κ1) is 9.27. The Balaban J connectivity index is 2.63. The van der Waals surface area contributed by atoms with Crippen molar-refractivity contribution in [3.8, 4) is 0 Å². The van der Waals surface area contributed by atoms with Crippen LogP contribution in [0.5, 0.6) is 0 Å². The van der Waals surface area contributed by atoms with E-state index in [-0.39, 0.29) is 5.91 Å². The van der Waals surface area contributed by atoms with E-state index >= 15 is 0 Å². The normalized spacial score (nSPS) is 10.5. The molecule has 0 aliphatic carbocycles. The Morgan fingerprint density at radius 1 is 1.67 bits per heavy atom. The van der Waals surface area contributed by atoms with Crippen molar-refractivity contribution in [3.05, 3.63) is 27.7 Å². The molecule has 0 aliphatic heterocycles. The fourth-order valence-corrected chi connectivity index (χ4v) is 1.06. The maximum Gasteiger partial charge on any atom is 0.258 e. The van der Waals surface area contributed by atoms with Crippen molar-refractivity contribution in [2.45, 2.75) is 0 Å². The molecule has 0 atom stereocenters. The van der Waals surface area contributed by atoms with Gasteiger partial charge in [0.25, 0.3) is 5.91 Å². The van der Waals surface area contributed by atoms with Crippen molar-refractivity contribution in [1.82, 2.24) is 5.43 Å². The van der Waals surface area contributed by atoms with Gasteiger partial charge in [-0.1, -0.05) is 0 Å². The number of nitrogens with one attached hydrogen (secondary N) is 1. The van der Waals surface area contributed by atoms with Crippen LogP contribution in [0.15, 0.2) is 22.6 Å². The van der Waals surface area contributed by atoms with Crippen LogP contribution in [0, 0.1) is 3.77 Å². The molecule has 0 spiro atoms. The van der Waals surface area contributed by atoms with E-state index in [0.717, 1.165) is 3.77 Å². The molecule has 1 amide bonds. The lowest BCUT2D eigenvalue weighted by molar-refractivity contribution is -0.116. The summed E-state index contributed by atoms with van der Waals surface area (Å²) in [6.07, 6.45) is 2.85. The number of nitrogens with two attached hydrogens (primary N) is 1. The van der Waals surface area contributed by atoms with Gasteiger partial charge in [0.1, 0.15) is 5.76 Å². The van der Waals surface area contributed by atoms with Crippen molar-refractivity contribution in [2.24, 2.45) is 5.84 Å². The summed E-state index contributed by atoms with van der Waals surface area (Å²) in [5, 5.41) is 0. The molecule has 3 N–H and O–H groups in total. The average molecular weight is 278 g/mol. The number of rotatable bonds is 2. The van der Waals surface area contributed by atoms with Gasteiger partial charge < -0.3 is 4.42 Å². The van der Waals surface area contributed by atoms with Crippen molar-refractivity contribution in [3.63, 3.8) is 0 Å². The largest absolute Gasteiger partial charge is 0.451 e. The highest BCUT2D eigenvalue weighted by molar-refractivity contribution is 14.1. The molecule has 64 valence electrons. The Kier molecular flexibility index (Phi) is 3.30. The van der Waals surface area contributed by atoms with Gasteiger partial charge in [0.05, 0.1) is 0 Å². The number of halogens is 1. The maximum atomic E-state index is 10.6. The lowest BCUT2D eigenvalue weighted by atomic mass is 10.4. The number of hydrogen-bond acceptors (Lipinski definition) is 3. The summed E-state index contributed by atoms with van der Waals surface area (Å²) in [5.74, 6) is 5.13. The number of hydrazine groups is 1. The van der Waals surface area contributed by atoms with Gasteiger partial charge in [0, 0.05) is 6.08 Å². The smallest absolute Gasteiger partial charge is 0.258 e. The summed E-state index contributed by atoms with van der Waals surface area (Å²) >= 11 is 2.04. The van der Waals surface area contributed by atoms with Gasteiger partial charge in [-0.2, -0.15) is 0 Å². The Morgan fingerprint density at radius 3 is 2.92 bits per heavy atom. The van der Waals surface area contributed by atoms with Crippen molar-refractivity contribution in [2.75, 3.05) is 0 Å². The third-order valence-electron chi connectivity index (χ3n) is 1.14. The fourth-order valence-electron chi connectivity index (χ4n) is 0.624. The summed E-state index contributed by atoms with van der Waals surface area (Å²) in [6, 6.07) is 3.57. The zero-order chi connectivity index (χ0) is 8.97. The van der Waals surface area contributed by atoms with E-state index in [1.807, 2.05) is 28.0 Å². The van der Waals surface area contributed by atoms with Gasteiger partial charge in [0.2, 0.25) is 0 Å². The van der Waals surface area contributed by atoms with E-state index in [1.54, 1.807) is 18.2 Å². The van der Waals surface area contributed by atoms with Crippen LogP contribution >= 0.6 is 22.6 Å². The van der Waals surface area contributed by atoms with Gasteiger partial charge >= 0.3 is 0 Å². The number of carbonyl (C=O) groups is 1. The molecule has 12 heavy (non-hydrogen) atoms. The molecule has 0 radical (unpaired) electrons. The van der Waals surface area contributed by atoms with Crippen LogP contribution in [0.1, 0.15) is 5.76 Å². The van der Waals surface area contributed by atoms with Gasteiger partial charge in [0.15, 0.2) is 3.77 Å². The van der Waals surface area contributed by atoms with E-state index < -0.39 is 0 Å². The minimum Gasteiger partial charge on any atom is -0.451 e. The molecule has 0 aromatic carbocycles. The molecule has 4 nitrogen and oxygen atoms in total.